The molecule has 6 heteroatoms. The fourth-order valence-electron chi connectivity index (χ4n) is 1.12. The van der Waals surface area contributed by atoms with Crippen molar-refractivity contribution in [3.63, 3.8) is 0 Å². The van der Waals surface area contributed by atoms with E-state index in [1.165, 1.54) is 25.1 Å². The molecule has 90 valence electrons. The molecule has 1 atom stereocenters. The number of hydrogen-bond donors (Lipinski definition) is 2. The van der Waals surface area contributed by atoms with Crippen molar-refractivity contribution in [2.75, 3.05) is 6.54 Å². The van der Waals surface area contributed by atoms with Gasteiger partial charge in [-0.25, -0.2) is 17.5 Å². The molecule has 1 aromatic carbocycles. The van der Waals surface area contributed by atoms with Crippen molar-refractivity contribution in [2.45, 2.75) is 18.8 Å². The van der Waals surface area contributed by atoms with Crippen LogP contribution in [0.15, 0.2) is 24.3 Å². The van der Waals surface area contributed by atoms with Crippen molar-refractivity contribution in [3.05, 3.63) is 35.6 Å². The highest BCUT2D eigenvalue weighted by atomic mass is 32.2. The van der Waals surface area contributed by atoms with Crippen LogP contribution in [0.5, 0.6) is 0 Å². The topological polar surface area (TPSA) is 66.4 Å². The van der Waals surface area contributed by atoms with Crippen LogP contribution >= 0.6 is 0 Å². The van der Waals surface area contributed by atoms with E-state index in [4.69, 9.17) is 5.11 Å². The van der Waals surface area contributed by atoms with Crippen LogP contribution in [0.1, 0.15) is 12.5 Å². The lowest BCUT2D eigenvalue weighted by molar-refractivity contribution is 0.198. The van der Waals surface area contributed by atoms with Crippen LogP contribution in [0.4, 0.5) is 4.39 Å². The molecule has 0 aliphatic carbocycles. The van der Waals surface area contributed by atoms with Crippen LogP contribution in [0.2, 0.25) is 0 Å². The van der Waals surface area contributed by atoms with E-state index < -0.39 is 27.7 Å². The van der Waals surface area contributed by atoms with Gasteiger partial charge in [0.15, 0.2) is 0 Å². The standard InChI is InChI=1S/C10H14FNO3S/c1-8(13)6-12-16(14,15)7-9-4-2-3-5-10(9)11/h2-5,8,12-13H,6-7H2,1H3. The van der Waals surface area contributed by atoms with Crippen molar-refractivity contribution < 1.29 is 17.9 Å². The molecule has 0 aromatic heterocycles. The summed E-state index contributed by atoms with van der Waals surface area (Å²) >= 11 is 0. The number of hydrogen-bond acceptors (Lipinski definition) is 3. The normalized spacial score (nSPS) is 13.7. The van der Waals surface area contributed by atoms with Crippen LogP contribution in [0.25, 0.3) is 0 Å². The van der Waals surface area contributed by atoms with Crippen molar-refractivity contribution in [3.8, 4) is 0 Å². The van der Waals surface area contributed by atoms with E-state index in [1.54, 1.807) is 6.07 Å². The Bertz CT molecular complexity index is 445. The smallest absolute Gasteiger partial charge is 0.215 e. The highest BCUT2D eigenvalue weighted by molar-refractivity contribution is 7.88. The third kappa shape index (κ3) is 4.26. The highest BCUT2D eigenvalue weighted by Crippen LogP contribution is 2.09. The van der Waals surface area contributed by atoms with Gasteiger partial charge in [0, 0.05) is 12.1 Å². The lowest BCUT2D eigenvalue weighted by Crippen LogP contribution is -2.31. The first-order valence-electron chi connectivity index (χ1n) is 4.79. The quantitative estimate of drug-likeness (QED) is 0.802. The lowest BCUT2D eigenvalue weighted by atomic mass is 10.2. The summed E-state index contributed by atoms with van der Waals surface area (Å²) in [6.07, 6.45) is -0.768. The van der Waals surface area contributed by atoms with E-state index in [9.17, 15) is 12.8 Å². The minimum absolute atomic E-state index is 0.0726. The van der Waals surface area contributed by atoms with Gasteiger partial charge in [-0.05, 0) is 13.0 Å². The second-order valence-electron chi connectivity index (χ2n) is 3.55. The Morgan fingerprint density at radius 3 is 2.62 bits per heavy atom. The highest BCUT2D eigenvalue weighted by Gasteiger charge is 2.14. The molecule has 0 spiro atoms. The van der Waals surface area contributed by atoms with Crippen molar-refractivity contribution in [1.29, 1.82) is 0 Å². The Morgan fingerprint density at radius 1 is 1.44 bits per heavy atom. The van der Waals surface area contributed by atoms with Gasteiger partial charge in [-0.1, -0.05) is 18.2 Å². The summed E-state index contributed by atoms with van der Waals surface area (Å²) in [5.74, 6) is -0.975. The fourth-order valence-corrected chi connectivity index (χ4v) is 2.36. The number of aliphatic hydroxyl groups excluding tert-OH is 1. The van der Waals surface area contributed by atoms with Gasteiger partial charge in [-0.15, -0.1) is 0 Å². The number of rotatable bonds is 5. The molecule has 0 aliphatic rings. The van der Waals surface area contributed by atoms with Gasteiger partial charge in [0.25, 0.3) is 0 Å². The summed E-state index contributed by atoms with van der Waals surface area (Å²) in [6.45, 7) is 1.39. The molecule has 16 heavy (non-hydrogen) atoms. The molecule has 0 aliphatic heterocycles. The molecule has 0 saturated carbocycles. The average Bonchev–Trinajstić information content (AvgIpc) is 2.19. The molecule has 0 heterocycles. The SMILES string of the molecule is CC(O)CNS(=O)(=O)Cc1ccccc1F. The Hall–Kier alpha value is -0.980. The molecule has 2 N–H and O–H groups in total. The first-order valence-corrected chi connectivity index (χ1v) is 6.45. The van der Waals surface area contributed by atoms with E-state index >= 15 is 0 Å². The van der Waals surface area contributed by atoms with E-state index in [0.717, 1.165) is 0 Å². The van der Waals surface area contributed by atoms with Crippen LogP contribution in [-0.4, -0.2) is 26.2 Å². The van der Waals surface area contributed by atoms with E-state index in [-0.39, 0.29) is 12.1 Å². The van der Waals surface area contributed by atoms with Gasteiger partial charge in [-0.2, -0.15) is 0 Å². The zero-order valence-electron chi connectivity index (χ0n) is 8.85. The maximum atomic E-state index is 13.2. The zero-order chi connectivity index (χ0) is 12.2. The summed E-state index contributed by atoms with van der Waals surface area (Å²) < 4.78 is 38.3. The predicted molar refractivity (Wildman–Crippen MR) is 58.7 cm³/mol. The maximum Gasteiger partial charge on any atom is 0.215 e. The molecule has 0 fully saturated rings. The molecule has 0 bridgehead atoms. The van der Waals surface area contributed by atoms with Crippen molar-refractivity contribution >= 4 is 10.0 Å². The summed E-state index contributed by atoms with van der Waals surface area (Å²) in [7, 11) is -3.60. The van der Waals surface area contributed by atoms with Gasteiger partial charge >= 0.3 is 0 Å². The summed E-state index contributed by atoms with van der Waals surface area (Å²) in [5, 5.41) is 8.94. The molecule has 1 unspecified atom stereocenters. The molecular formula is C10H14FNO3S. The Labute approximate surface area is 94.2 Å². The number of benzene rings is 1. The first-order chi connectivity index (χ1) is 7.41. The zero-order valence-corrected chi connectivity index (χ0v) is 9.67. The Morgan fingerprint density at radius 2 is 2.06 bits per heavy atom. The van der Waals surface area contributed by atoms with Gasteiger partial charge < -0.3 is 5.11 Å². The third-order valence-corrected chi connectivity index (χ3v) is 3.20. The number of nitrogens with one attached hydrogen (secondary N) is 1. The van der Waals surface area contributed by atoms with Crippen LogP contribution < -0.4 is 4.72 Å². The van der Waals surface area contributed by atoms with Crippen molar-refractivity contribution in [2.24, 2.45) is 0 Å². The minimum atomic E-state index is -3.60. The minimum Gasteiger partial charge on any atom is -0.392 e. The lowest BCUT2D eigenvalue weighted by Gasteiger charge is -2.08. The molecular weight excluding hydrogens is 233 g/mol. The molecule has 0 amide bonds. The Kier molecular flexibility index (Phi) is 4.40. The van der Waals surface area contributed by atoms with Gasteiger partial charge in [-0.3, -0.25) is 0 Å². The molecule has 0 saturated heterocycles. The van der Waals surface area contributed by atoms with Crippen LogP contribution in [-0.2, 0) is 15.8 Å². The van der Waals surface area contributed by atoms with E-state index in [2.05, 4.69) is 4.72 Å². The van der Waals surface area contributed by atoms with Gasteiger partial charge in [0.1, 0.15) is 5.82 Å². The molecule has 0 radical (unpaired) electrons. The van der Waals surface area contributed by atoms with Gasteiger partial charge in [0.2, 0.25) is 10.0 Å². The van der Waals surface area contributed by atoms with E-state index in [0.29, 0.717) is 0 Å². The monoisotopic (exact) mass is 247 g/mol. The van der Waals surface area contributed by atoms with Gasteiger partial charge in [0.05, 0.1) is 11.9 Å². The molecule has 1 rings (SSSR count). The van der Waals surface area contributed by atoms with Crippen LogP contribution in [0, 0.1) is 5.82 Å². The second kappa shape index (κ2) is 5.38. The number of halogens is 1. The molecule has 4 nitrogen and oxygen atoms in total. The maximum absolute atomic E-state index is 13.2. The molecule has 1 aromatic rings. The first kappa shape index (κ1) is 13.1. The van der Waals surface area contributed by atoms with E-state index in [1.807, 2.05) is 0 Å². The number of aliphatic hydroxyl groups is 1. The summed E-state index contributed by atoms with van der Waals surface area (Å²) in [4.78, 5) is 0. The third-order valence-electron chi connectivity index (χ3n) is 1.90. The number of sulfonamides is 1. The fraction of sp³-hybridized carbons (Fsp3) is 0.400. The summed E-state index contributed by atoms with van der Waals surface area (Å²) in [5.41, 5.74) is 0.112. The van der Waals surface area contributed by atoms with Crippen molar-refractivity contribution in [1.82, 2.24) is 4.72 Å². The largest absolute Gasteiger partial charge is 0.392 e. The second-order valence-corrected chi connectivity index (χ2v) is 5.35. The van der Waals surface area contributed by atoms with Crippen LogP contribution in [0.3, 0.4) is 0 Å². The summed E-state index contributed by atoms with van der Waals surface area (Å²) in [6, 6.07) is 5.69. The predicted octanol–water partition coefficient (Wildman–Crippen LogP) is 0.626. The average molecular weight is 247 g/mol. The Balaban J connectivity index is 2.70.